The molecule has 1 N–H and O–H groups in total. The number of hydrogen-bond acceptors (Lipinski definition) is 2. The molecule has 0 aliphatic heterocycles. The van der Waals surface area contributed by atoms with Crippen LogP contribution >= 0.6 is 0 Å². The van der Waals surface area contributed by atoms with E-state index in [1.54, 1.807) is 6.08 Å². The standard InChI is InChI=1S/C14H22O2/c1-12(2)7-4-8-13(3,16)14(12)9-5-11(15)6-10-14/h5,9,16H,4,6-8,10H2,1-3H3/t13?,14-/m0/s1. The molecular formula is C14H22O2. The normalized spacial score (nSPS) is 42.6. The third-order valence-corrected chi connectivity index (χ3v) is 4.95. The summed E-state index contributed by atoms with van der Waals surface area (Å²) in [5.41, 5.74) is -0.815. The number of ketones is 1. The Hall–Kier alpha value is -0.630. The van der Waals surface area contributed by atoms with Crippen molar-refractivity contribution in [3.63, 3.8) is 0 Å². The fourth-order valence-corrected chi connectivity index (χ4v) is 3.78. The minimum atomic E-state index is -0.675. The molecule has 90 valence electrons. The second-order valence-corrected chi connectivity index (χ2v) is 6.28. The summed E-state index contributed by atoms with van der Waals surface area (Å²) in [7, 11) is 0. The summed E-state index contributed by atoms with van der Waals surface area (Å²) < 4.78 is 0. The summed E-state index contributed by atoms with van der Waals surface area (Å²) in [5.74, 6) is 0.197. The fraction of sp³-hybridized carbons (Fsp3) is 0.786. The van der Waals surface area contributed by atoms with Crippen LogP contribution in [0.25, 0.3) is 0 Å². The van der Waals surface area contributed by atoms with Gasteiger partial charge < -0.3 is 5.11 Å². The Labute approximate surface area is 97.7 Å². The third-order valence-electron chi connectivity index (χ3n) is 4.95. The predicted molar refractivity (Wildman–Crippen MR) is 64.1 cm³/mol. The molecule has 0 aromatic heterocycles. The van der Waals surface area contributed by atoms with Crippen LogP contribution in [-0.2, 0) is 4.79 Å². The highest BCUT2D eigenvalue weighted by atomic mass is 16.3. The highest BCUT2D eigenvalue weighted by Crippen LogP contribution is 2.59. The summed E-state index contributed by atoms with van der Waals surface area (Å²) in [5, 5.41) is 10.7. The first-order valence-corrected chi connectivity index (χ1v) is 6.25. The van der Waals surface area contributed by atoms with Gasteiger partial charge in [-0.05, 0) is 37.7 Å². The van der Waals surface area contributed by atoms with Gasteiger partial charge in [0.25, 0.3) is 0 Å². The molecule has 2 atom stereocenters. The molecule has 2 heteroatoms. The summed E-state index contributed by atoms with van der Waals surface area (Å²) in [6.45, 7) is 6.38. The maximum atomic E-state index is 11.3. The van der Waals surface area contributed by atoms with E-state index in [9.17, 15) is 9.90 Å². The van der Waals surface area contributed by atoms with Crippen LogP contribution in [0.2, 0.25) is 0 Å². The van der Waals surface area contributed by atoms with Gasteiger partial charge in [0.15, 0.2) is 5.78 Å². The number of aliphatic hydroxyl groups is 1. The maximum Gasteiger partial charge on any atom is 0.155 e. The number of carbonyl (C=O) groups excluding carboxylic acids is 1. The van der Waals surface area contributed by atoms with Crippen molar-refractivity contribution in [2.24, 2.45) is 10.8 Å². The van der Waals surface area contributed by atoms with Crippen molar-refractivity contribution >= 4 is 5.78 Å². The van der Waals surface area contributed by atoms with Gasteiger partial charge in [0.2, 0.25) is 0 Å². The second kappa shape index (κ2) is 3.43. The van der Waals surface area contributed by atoms with E-state index in [0.29, 0.717) is 6.42 Å². The Morgan fingerprint density at radius 3 is 2.38 bits per heavy atom. The van der Waals surface area contributed by atoms with Crippen LogP contribution in [-0.4, -0.2) is 16.5 Å². The van der Waals surface area contributed by atoms with Crippen LogP contribution in [0.5, 0.6) is 0 Å². The lowest BCUT2D eigenvalue weighted by molar-refractivity contribution is -0.148. The highest BCUT2D eigenvalue weighted by molar-refractivity contribution is 5.90. The fourth-order valence-electron chi connectivity index (χ4n) is 3.78. The van der Waals surface area contributed by atoms with E-state index in [4.69, 9.17) is 0 Å². The van der Waals surface area contributed by atoms with Crippen LogP contribution in [0.15, 0.2) is 12.2 Å². The molecule has 0 bridgehead atoms. The third kappa shape index (κ3) is 1.46. The Morgan fingerprint density at radius 2 is 1.88 bits per heavy atom. The van der Waals surface area contributed by atoms with Crippen molar-refractivity contribution in [3.05, 3.63) is 12.2 Å². The van der Waals surface area contributed by atoms with Crippen LogP contribution < -0.4 is 0 Å². The molecule has 0 amide bonds. The minimum absolute atomic E-state index is 0.0753. The Balaban J connectivity index is 2.47. The Kier molecular flexibility index (Phi) is 2.54. The lowest BCUT2D eigenvalue weighted by Gasteiger charge is -2.58. The number of rotatable bonds is 0. The molecule has 1 fully saturated rings. The Bertz CT molecular complexity index is 321. The molecule has 2 aliphatic rings. The van der Waals surface area contributed by atoms with E-state index in [-0.39, 0.29) is 16.6 Å². The van der Waals surface area contributed by atoms with E-state index in [1.807, 2.05) is 13.0 Å². The SMILES string of the molecule is CC1(C)CCCC(C)(O)[C@]12C=CC(=O)CC2. The van der Waals surface area contributed by atoms with Gasteiger partial charge in [-0.3, -0.25) is 4.79 Å². The van der Waals surface area contributed by atoms with E-state index in [1.165, 1.54) is 0 Å². The van der Waals surface area contributed by atoms with Gasteiger partial charge in [0.1, 0.15) is 0 Å². The van der Waals surface area contributed by atoms with Gasteiger partial charge in [-0.15, -0.1) is 0 Å². The largest absolute Gasteiger partial charge is 0.389 e. The van der Waals surface area contributed by atoms with Gasteiger partial charge >= 0.3 is 0 Å². The van der Waals surface area contributed by atoms with Gasteiger partial charge in [-0.2, -0.15) is 0 Å². The van der Waals surface area contributed by atoms with Crippen LogP contribution in [0, 0.1) is 10.8 Å². The first-order chi connectivity index (χ1) is 7.31. The van der Waals surface area contributed by atoms with Crippen LogP contribution in [0.4, 0.5) is 0 Å². The molecule has 0 heterocycles. The molecule has 0 radical (unpaired) electrons. The molecule has 1 unspecified atom stereocenters. The van der Waals surface area contributed by atoms with Gasteiger partial charge in [0, 0.05) is 11.8 Å². The van der Waals surface area contributed by atoms with Gasteiger partial charge in [-0.25, -0.2) is 0 Å². The van der Waals surface area contributed by atoms with Gasteiger partial charge in [-0.1, -0.05) is 26.3 Å². The zero-order valence-corrected chi connectivity index (χ0v) is 10.5. The molecule has 0 saturated heterocycles. The van der Waals surface area contributed by atoms with Crippen molar-refractivity contribution in [2.75, 3.05) is 0 Å². The molecular weight excluding hydrogens is 200 g/mol. The first kappa shape index (κ1) is 11.8. The summed E-state index contributed by atoms with van der Waals surface area (Å²) in [4.78, 5) is 11.3. The molecule has 2 rings (SSSR count). The summed E-state index contributed by atoms with van der Waals surface area (Å²) in [6.07, 6.45) is 8.10. The predicted octanol–water partition coefficient (Wildman–Crippen LogP) is 2.85. The molecule has 16 heavy (non-hydrogen) atoms. The second-order valence-electron chi connectivity index (χ2n) is 6.28. The molecule has 1 saturated carbocycles. The lowest BCUT2D eigenvalue weighted by Crippen LogP contribution is -2.57. The topological polar surface area (TPSA) is 37.3 Å². The summed E-state index contributed by atoms with van der Waals surface area (Å²) >= 11 is 0. The molecule has 2 aliphatic carbocycles. The van der Waals surface area contributed by atoms with Crippen molar-refractivity contribution in [2.45, 2.75) is 58.5 Å². The van der Waals surface area contributed by atoms with Crippen LogP contribution in [0.1, 0.15) is 52.9 Å². The average molecular weight is 222 g/mol. The number of allylic oxidation sites excluding steroid dienone is 1. The number of hydrogen-bond donors (Lipinski definition) is 1. The van der Waals surface area contributed by atoms with Gasteiger partial charge in [0.05, 0.1) is 5.60 Å². The summed E-state index contributed by atoms with van der Waals surface area (Å²) in [6, 6.07) is 0. The van der Waals surface area contributed by atoms with Crippen LogP contribution in [0.3, 0.4) is 0 Å². The highest BCUT2D eigenvalue weighted by Gasteiger charge is 2.57. The van der Waals surface area contributed by atoms with Crippen molar-refractivity contribution in [1.82, 2.24) is 0 Å². The minimum Gasteiger partial charge on any atom is -0.389 e. The Morgan fingerprint density at radius 1 is 1.19 bits per heavy atom. The van der Waals surface area contributed by atoms with E-state index in [0.717, 1.165) is 25.7 Å². The zero-order chi connectivity index (χ0) is 12.0. The van der Waals surface area contributed by atoms with E-state index >= 15 is 0 Å². The van der Waals surface area contributed by atoms with E-state index < -0.39 is 5.60 Å². The maximum absolute atomic E-state index is 11.3. The monoisotopic (exact) mass is 222 g/mol. The van der Waals surface area contributed by atoms with Crippen molar-refractivity contribution in [1.29, 1.82) is 0 Å². The molecule has 0 aromatic carbocycles. The smallest absolute Gasteiger partial charge is 0.155 e. The molecule has 2 nitrogen and oxygen atoms in total. The van der Waals surface area contributed by atoms with E-state index in [2.05, 4.69) is 13.8 Å². The van der Waals surface area contributed by atoms with Crippen molar-refractivity contribution in [3.8, 4) is 0 Å². The lowest BCUT2D eigenvalue weighted by atomic mass is 9.48. The molecule has 1 spiro atoms. The van der Waals surface area contributed by atoms with Crippen molar-refractivity contribution < 1.29 is 9.90 Å². The quantitative estimate of drug-likeness (QED) is 0.684. The first-order valence-electron chi connectivity index (χ1n) is 6.25. The zero-order valence-electron chi connectivity index (χ0n) is 10.5. The molecule has 0 aromatic rings. The average Bonchev–Trinajstić information content (AvgIpc) is 2.16. The number of carbonyl (C=O) groups is 1.